The molecule has 0 saturated carbocycles. The minimum atomic E-state index is -0.206. The van der Waals surface area contributed by atoms with E-state index in [1.165, 1.54) is 0 Å². The Morgan fingerprint density at radius 1 is 1.21 bits per heavy atom. The summed E-state index contributed by atoms with van der Waals surface area (Å²) in [6.07, 6.45) is 2.86. The van der Waals surface area contributed by atoms with Crippen LogP contribution in [0.4, 0.5) is 0 Å². The van der Waals surface area contributed by atoms with Crippen molar-refractivity contribution in [2.24, 2.45) is 5.92 Å². The van der Waals surface area contributed by atoms with Gasteiger partial charge < -0.3 is 19.4 Å². The number of ether oxygens (including phenoxy) is 2. The SMILES string of the molecule is CC(C)CCOc1ccc(C(=O)N(Cc2nc3ccccc3c(=O)[nH]2)CC2CCCO2)cc1. The molecule has 1 aliphatic heterocycles. The van der Waals surface area contributed by atoms with E-state index in [9.17, 15) is 9.59 Å². The van der Waals surface area contributed by atoms with Crippen LogP contribution >= 0.6 is 0 Å². The van der Waals surface area contributed by atoms with Gasteiger partial charge in [-0.15, -0.1) is 0 Å². The summed E-state index contributed by atoms with van der Waals surface area (Å²) in [6.45, 7) is 6.32. The van der Waals surface area contributed by atoms with Crippen molar-refractivity contribution in [1.82, 2.24) is 14.9 Å². The molecule has 1 atom stereocenters. The van der Waals surface area contributed by atoms with Crippen LogP contribution in [0.3, 0.4) is 0 Å². The van der Waals surface area contributed by atoms with E-state index < -0.39 is 0 Å². The zero-order valence-electron chi connectivity index (χ0n) is 19.3. The number of fused-ring (bicyclic) bond motifs is 1. The highest BCUT2D eigenvalue weighted by atomic mass is 16.5. The Morgan fingerprint density at radius 3 is 2.73 bits per heavy atom. The highest BCUT2D eigenvalue weighted by Crippen LogP contribution is 2.19. The van der Waals surface area contributed by atoms with Gasteiger partial charge in [-0.25, -0.2) is 4.98 Å². The van der Waals surface area contributed by atoms with Crippen molar-refractivity contribution in [2.75, 3.05) is 19.8 Å². The molecule has 3 aromatic rings. The van der Waals surface area contributed by atoms with Gasteiger partial charge in [-0.05, 0) is 61.6 Å². The molecule has 4 rings (SSSR count). The van der Waals surface area contributed by atoms with E-state index in [4.69, 9.17) is 9.47 Å². The molecule has 174 valence electrons. The minimum Gasteiger partial charge on any atom is -0.494 e. The molecule has 1 unspecified atom stereocenters. The van der Waals surface area contributed by atoms with Crippen LogP contribution in [0.1, 0.15) is 49.3 Å². The number of nitrogens with zero attached hydrogens (tertiary/aromatic N) is 2. The van der Waals surface area contributed by atoms with Crippen LogP contribution in [0.2, 0.25) is 0 Å². The molecular weight excluding hydrogens is 418 g/mol. The molecule has 7 nitrogen and oxygen atoms in total. The lowest BCUT2D eigenvalue weighted by Crippen LogP contribution is -2.37. The van der Waals surface area contributed by atoms with E-state index >= 15 is 0 Å². The first-order valence-electron chi connectivity index (χ1n) is 11.6. The number of H-pyrrole nitrogens is 1. The Labute approximate surface area is 193 Å². The van der Waals surface area contributed by atoms with Crippen molar-refractivity contribution < 1.29 is 14.3 Å². The van der Waals surface area contributed by atoms with Gasteiger partial charge in [0.2, 0.25) is 0 Å². The van der Waals surface area contributed by atoms with Crippen molar-refractivity contribution in [3.8, 4) is 5.75 Å². The second-order valence-corrected chi connectivity index (χ2v) is 8.91. The van der Waals surface area contributed by atoms with Crippen molar-refractivity contribution in [3.05, 3.63) is 70.3 Å². The van der Waals surface area contributed by atoms with Gasteiger partial charge in [-0.1, -0.05) is 26.0 Å². The number of carbonyl (C=O) groups excluding carboxylic acids is 1. The Morgan fingerprint density at radius 2 is 2.00 bits per heavy atom. The zero-order chi connectivity index (χ0) is 23.2. The van der Waals surface area contributed by atoms with Crippen LogP contribution in [-0.2, 0) is 11.3 Å². The van der Waals surface area contributed by atoms with Crippen molar-refractivity contribution in [1.29, 1.82) is 0 Å². The number of aromatic nitrogens is 2. The molecule has 1 N–H and O–H groups in total. The van der Waals surface area contributed by atoms with Gasteiger partial charge >= 0.3 is 0 Å². The third-order valence-corrected chi connectivity index (χ3v) is 5.80. The smallest absolute Gasteiger partial charge is 0.258 e. The molecule has 2 heterocycles. The summed E-state index contributed by atoms with van der Waals surface area (Å²) in [7, 11) is 0. The Kier molecular flexibility index (Phi) is 7.40. The van der Waals surface area contributed by atoms with Gasteiger partial charge in [-0.2, -0.15) is 0 Å². The molecule has 0 spiro atoms. The second kappa shape index (κ2) is 10.6. The highest BCUT2D eigenvalue weighted by Gasteiger charge is 2.24. The minimum absolute atomic E-state index is 0.0141. The second-order valence-electron chi connectivity index (χ2n) is 8.91. The first-order valence-corrected chi connectivity index (χ1v) is 11.6. The van der Waals surface area contributed by atoms with Crippen LogP contribution in [0, 0.1) is 5.92 Å². The lowest BCUT2D eigenvalue weighted by atomic mass is 10.1. The summed E-state index contributed by atoms with van der Waals surface area (Å²) >= 11 is 0. The van der Waals surface area contributed by atoms with Gasteiger partial charge in [-0.3, -0.25) is 9.59 Å². The average molecular weight is 450 g/mol. The number of aromatic amines is 1. The summed E-state index contributed by atoms with van der Waals surface area (Å²) in [5, 5.41) is 0.534. The van der Waals surface area contributed by atoms with Crippen LogP contribution in [0.25, 0.3) is 10.9 Å². The fraction of sp³-hybridized carbons (Fsp3) is 0.423. The molecular formula is C26H31N3O4. The first-order chi connectivity index (χ1) is 16.0. The normalized spacial score (nSPS) is 15.8. The van der Waals surface area contributed by atoms with Crippen LogP contribution in [-0.4, -0.2) is 46.6 Å². The highest BCUT2D eigenvalue weighted by molar-refractivity contribution is 5.94. The van der Waals surface area contributed by atoms with Gasteiger partial charge in [0.1, 0.15) is 11.6 Å². The number of nitrogens with one attached hydrogen (secondary N) is 1. The maximum Gasteiger partial charge on any atom is 0.258 e. The fourth-order valence-electron chi connectivity index (χ4n) is 3.93. The Hall–Kier alpha value is -3.19. The van der Waals surface area contributed by atoms with Gasteiger partial charge in [0, 0.05) is 18.7 Å². The maximum absolute atomic E-state index is 13.4. The number of hydrogen-bond donors (Lipinski definition) is 1. The molecule has 1 aliphatic rings. The molecule has 33 heavy (non-hydrogen) atoms. The molecule has 7 heteroatoms. The topological polar surface area (TPSA) is 84.5 Å². The van der Waals surface area contributed by atoms with Crippen LogP contribution < -0.4 is 10.3 Å². The summed E-state index contributed by atoms with van der Waals surface area (Å²) in [6, 6.07) is 14.4. The van der Waals surface area contributed by atoms with E-state index in [-0.39, 0.29) is 24.1 Å². The third kappa shape index (κ3) is 5.99. The molecule has 1 saturated heterocycles. The van der Waals surface area contributed by atoms with Crippen molar-refractivity contribution in [3.63, 3.8) is 0 Å². The number of amides is 1. The number of para-hydroxylation sites is 1. The van der Waals surface area contributed by atoms with Crippen LogP contribution in [0.5, 0.6) is 5.75 Å². The third-order valence-electron chi connectivity index (χ3n) is 5.80. The summed E-state index contributed by atoms with van der Waals surface area (Å²) in [4.78, 5) is 35.0. The standard InChI is InChI=1S/C26H31N3O4/c1-18(2)13-15-33-20-11-9-19(10-12-20)26(31)29(16-21-6-5-14-32-21)17-24-27-23-8-4-3-7-22(23)25(30)28-24/h3-4,7-12,18,21H,5-6,13-17H2,1-2H3,(H,27,28,30). The summed E-state index contributed by atoms with van der Waals surface area (Å²) in [5.41, 5.74) is 0.971. The van der Waals surface area contributed by atoms with Gasteiger partial charge in [0.05, 0.1) is 30.2 Å². The monoisotopic (exact) mass is 449 g/mol. The van der Waals surface area contributed by atoms with E-state index in [1.54, 1.807) is 29.2 Å². The molecule has 0 aliphatic carbocycles. The predicted octanol–water partition coefficient (Wildman–Crippen LogP) is 4.17. The molecule has 1 aromatic heterocycles. The molecule has 2 aromatic carbocycles. The number of carbonyl (C=O) groups is 1. The van der Waals surface area contributed by atoms with Crippen molar-refractivity contribution >= 4 is 16.8 Å². The molecule has 0 radical (unpaired) electrons. The largest absolute Gasteiger partial charge is 0.494 e. The molecule has 1 fully saturated rings. The summed E-state index contributed by atoms with van der Waals surface area (Å²) in [5.74, 6) is 1.65. The number of rotatable bonds is 9. The molecule has 1 amide bonds. The quantitative estimate of drug-likeness (QED) is 0.530. The maximum atomic E-state index is 13.4. The number of hydrogen-bond acceptors (Lipinski definition) is 5. The van der Waals surface area contributed by atoms with E-state index in [1.807, 2.05) is 24.3 Å². The van der Waals surface area contributed by atoms with E-state index in [2.05, 4.69) is 23.8 Å². The fourth-order valence-corrected chi connectivity index (χ4v) is 3.93. The Bertz CT molecular complexity index is 1130. The zero-order valence-corrected chi connectivity index (χ0v) is 19.3. The lowest BCUT2D eigenvalue weighted by Gasteiger charge is -2.25. The number of benzene rings is 2. The Balaban J connectivity index is 1.52. The first kappa shape index (κ1) is 23.0. The van der Waals surface area contributed by atoms with E-state index in [0.717, 1.165) is 25.0 Å². The average Bonchev–Trinajstić information content (AvgIpc) is 3.32. The van der Waals surface area contributed by atoms with Crippen LogP contribution in [0.15, 0.2) is 53.3 Å². The molecule has 0 bridgehead atoms. The van der Waals surface area contributed by atoms with Crippen molar-refractivity contribution in [2.45, 2.75) is 45.8 Å². The van der Waals surface area contributed by atoms with Gasteiger partial charge in [0.25, 0.3) is 11.5 Å². The lowest BCUT2D eigenvalue weighted by molar-refractivity contribution is 0.0501. The van der Waals surface area contributed by atoms with E-state index in [0.29, 0.717) is 48.0 Å². The summed E-state index contributed by atoms with van der Waals surface area (Å²) < 4.78 is 11.6. The predicted molar refractivity (Wildman–Crippen MR) is 127 cm³/mol. The van der Waals surface area contributed by atoms with Gasteiger partial charge in [0.15, 0.2) is 0 Å².